The first-order valence-electron chi connectivity index (χ1n) is 5.36. The molecular formula is C11H12ClN3O3S. The van der Waals surface area contributed by atoms with Crippen LogP contribution in [0.2, 0.25) is 5.02 Å². The number of sulfonamides is 1. The second-order valence-electron chi connectivity index (χ2n) is 4.04. The molecule has 8 heteroatoms. The minimum Gasteiger partial charge on any atom is -0.338 e. The lowest BCUT2D eigenvalue weighted by Gasteiger charge is -2.09. The Morgan fingerprint density at radius 3 is 2.79 bits per heavy atom. The molecule has 1 heterocycles. The van der Waals surface area contributed by atoms with Gasteiger partial charge in [-0.05, 0) is 12.1 Å². The fourth-order valence-corrected chi connectivity index (χ4v) is 1.91. The van der Waals surface area contributed by atoms with Crippen molar-refractivity contribution in [2.45, 2.75) is 6.54 Å². The zero-order valence-corrected chi connectivity index (χ0v) is 11.9. The lowest BCUT2D eigenvalue weighted by Crippen LogP contribution is -2.25. The smallest absolute Gasteiger partial charge is 0.242 e. The van der Waals surface area contributed by atoms with E-state index in [0.717, 1.165) is 10.6 Å². The molecule has 1 aromatic carbocycles. The van der Waals surface area contributed by atoms with Crippen molar-refractivity contribution in [1.82, 2.24) is 14.4 Å². The van der Waals surface area contributed by atoms with E-state index < -0.39 is 10.0 Å². The van der Waals surface area contributed by atoms with Crippen LogP contribution in [0.25, 0.3) is 11.4 Å². The number of halogens is 1. The Kier molecular flexibility index (Phi) is 3.88. The Bertz CT molecular complexity index is 684. The van der Waals surface area contributed by atoms with Gasteiger partial charge in [0.2, 0.25) is 21.7 Å². The monoisotopic (exact) mass is 301 g/mol. The Morgan fingerprint density at radius 1 is 1.42 bits per heavy atom. The van der Waals surface area contributed by atoms with E-state index in [1.54, 1.807) is 24.3 Å². The van der Waals surface area contributed by atoms with Crippen LogP contribution >= 0.6 is 11.6 Å². The molecule has 0 aliphatic rings. The average molecular weight is 302 g/mol. The second kappa shape index (κ2) is 5.28. The predicted octanol–water partition coefficient (Wildman–Crippen LogP) is 1.78. The third-order valence-corrected chi connectivity index (χ3v) is 3.97. The van der Waals surface area contributed by atoms with Crippen molar-refractivity contribution in [3.8, 4) is 11.4 Å². The molecule has 0 unspecified atom stereocenters. The van der Waals surface area contributed by atoms with E-state index in [4.69, 9.17) is 16.1 Å². The highest BCUT2D eigenvalue weighted by atomic mass is 35.5. The highest BCUT2D eigenvalue weighted by Gasteiger charge is 2.16. The zero-order valence-electron chi connectivity index (χ0n) is 10.4. The van der Waals surface area contributed by atoms with Crippen molar-refractivity contribution in [3.63, 3.8) is 0 Å². The normalized spacial score (nSPS) is 12.0. The van der Waals surface area contributed by atoms with Crippen LogP contribution in [0.3, 0.4) is 0 Å². The Morgan fingerprint density at radius 2 is 2.16 bits per heavy atom. The summed E-state index contributed by atoms with van der Waals surface area (Å²) in [5.74, 6) is 0.599. The maximum Gasteiger partial charge on any atom is 0.242 e. The fourth-order valence-electron chi connectivity index (χ4n) is 1.37. The van der Waals surface area contributed by atoms with E-state index in [-0.39, 0.29) is 12.4 Å². The lowest BCUT2D eigenvalue weighted by molar-refractivity contribution is 0.337. The number of hydrogen-bond donors (Lipinski definition) is 0. The van der Waals surface area contributed by atoms with E-state index in [1.807, 2.05) is 0 Å². The van der Waals surface area contributed by atoms with E-state index in [0.29, 0.717) is 16.4 Å². The molecule has 0 radical (unpaired) electrons. The molecule has 0 aliphatic carbocycles. The van der Waals surface area contributed by atoms with E-state index in [9.17, 15) is 8.42 Å². The van der Waals surface area contributed by atoms with Gasteiger partial charge in [-0.2, -0.15) is 9.29 Å². The number of aromatic nitrogens is 2. The predicted molar refractivity (Wildman–Crippen MR) is 71.1 cm³/mol. The quantitative estimate of drug-likeness (QED) is 0.860. The summed E-state index contributed by atoms with van der Waals surface area (Å²) in [6.07, 6.45) is 1.11. The van der Waals surface area contributed by atoms with Crippen LogP contribution in [0.15, 0.2) is 28.8 Å². The first-order chi connectivity index (χ1) is 8.86. The third kappa shape index (κ3) is 3.52. The molecule has 0 aliphatic heterocycles. The molecule has 19 heavy (non-hydrogen) atoms. The largest absolute Gasteiger partial charge is 0.338 e. The number of nitrogens with zero attached hydrogens (tertiary/aromatic N) is 3. The van der Waals surface area contributed by atoms with Gasteiger partial charge in [0.1, 0.15) is 0 Å². The van der Waals surface area contributed by atoms with Gasteiger partial charge in [0.05, 0.1) is 12.8 Å². The number of benzene rings is 1. The van der Waals surface area contributed by atoms with Crippen LogP contribution in [-0.4, -0.2) is 36.2 Å². The minimum atomic E-state index is -3.28. The van der Waals surface area contributed by atoms with Gasteiger partial charge in [0, 0.05) is 17.6 Å². The second-order valence-corrected chi connectivity index (χ2v) is 6.57. The topological polar surface area (TPSA) is 76.3 Å². The fraction of sp³-hybridized carbons (Fsp3) is 0.273. The SMILES string of the molecule is CN(Cc1nc(-c2cccc(Cl)c2)no1)S(C)(=O)=O. The van der Waals surface area contributed by atoms with Crippen molar-refractivity contribution in [3.05, 3.63) is 35.2 Å². The van der Waals surface area contributed by atoms with Gasteiger partial charge in [-0.25, -0.2) is 8.42 Å². The number of rotatable bonds is 4. The summed E-state index contributed by atoms with van der Waals surface area (Å²) in [5.41, 5.74) is 0.713. The van der Waals surface area contributed by atoms with Crippen molar-refractivity contribution >= 4 is 21.6 Å². The first-order valence-corrected chi connectivity index (χ1v) is 7.59. The highest BCUT2D eigenvalue weighted by Crippen LogP contribution is 2.20. The molecule has 0 saturated carbocycles. The summed E-state index contributed by atoms with van der Waals surface area (Å²) in [5, 5.41) is 4.36. The van der Waals surface area contributed by atoms with E-state index >= 15 is 0 Å². The van der Waals surface area contributed by atoms with Crippen molar-refractivity contribution in [2.24, 2.45) is 0 Å². The summed E-state index contributed by atoms with van der Waals surface area (Å²) >= 11 is 5.87. The van der Waals surface area contributed by atoms with Crippen molar-refractivity contribution in [2.75, 3.05) is 13.3 Å². The van der Waals surface area contributed by atoms with Crippen LogP contribution in [0, 0.1) is 0 Å². The first kappa shape index (κ1) is 14.0. The summed E-state index contributed by atoms with van der Waals surface area (Å²) in [7, 11) is -1.84. The summed E-state index contributed by atoms with van der Waals surface area (Å²) in [6.45, 7) is 0.0341. The van der Waals surface area contributed by atoms with Gasteiger partial charge >= 0.3 is 0 Å². The van der Waals surface area contributed by atoms with Gasteiger partial charge < -0.3 is 4.52 Å². The van der Waals surface area contributed by atoms with Crippen LogP contribution in [-0.2, 0) is 16.6 Å². The molecule has 102 valence electrons. The molecule has 0 saturated heterocycles. The van der Waals surface area contributed by atoms with Gasteiger partial charge in [-0.15, -0.1) is 0 Å². The van der Waals surface area contributed by atoms with E-state index in [1.165, 1.54) is 7.05 Å². The molecule has 0 N–H and O–H groups in total. The highest BCUT2D eigenvalue weighted by molar-refractivity contribution is 7.88. The maximum absolute atomic E-state index is 11.3. The molecule has 2 rings (SSSR count). The Balaban J connectivity index is 2.20. The van der Waals surface area contributed by atoms with Crippen molar-refractivity contribution in [1.29, 1.82) is 0 Å². The molecule has 0 bridgehead atoms. The molecule has 0 atom stereocenters. The van der Waals surface area contributed by atoms with Crippen LogP contribution in [0.4, 0.5) is 0 Å². The molecule has 6 nitrogen and oxygen atoms in total. The standard InChI is InChI=1S/C11H12ClN3O3S/c1-15(19(2,16)17)7-10-13-11(14-18-10)8-4-3-5-9(12)6-8/h3-6H,7H2,1-2H3. The Labute approximate surface area is 116 Å². The molecule has 0 fully saturated rings. The van der Waals surface area contributed by atoms with E-state index in [2.05, 4.69) is 10.1 Å². The molecule has 1 aromatic heterocycles. The molecular weight excluding hydrogens is 290 g/mol. The number of hydrogen-bond acceptors (Lipinski definition) is 5. The van der Waals surface area contributed by atoms with Gasteiger partial charge in [-0.3, -0.25) is 0 Å². The van der Waals surface area contributed by atoms with Gasteiger partial charge in [0.25, 0.3) is 0 Å². The average Bonchev–Trinajstić information content (AvgIpc) is 2.76. The minimum absolute atomic E-state index is 0.0341. The van der Waals surface area contributed by atoms with Gasteiger partial charge in [-0.1, -0.05) is 28.9 Å². The summed E-state index contributed by atoms with van der Waals surface area (Å²) in [6, 6.07) is 7.01. The molecule has 0 spiro atoms. The molecule has 0 amide bonds. The maximum atomic E-state index is 11.3. The molecule has 2 aromatic rings. The van der Waals surface area contributed by atoms with Crippen LogP contribution in [0.5, 0.6) is 0 Å². The van der Waals surface area contributed by atoms with Crippen LogP contribution in [0.1, 0.15) is 5.89 Å². The van der Waals surface area contributed by atoms with Gasteiger partial charge in [0.15, 0.2) is 0 Å². The van der Waals surface area contributed by atoms with Crippen molar-refractivity contribution < 1.29 is 12.9 Å². The van der Waals surface area contributed by atoms with Crippen LogP contribution < -0.4 is 0 Å². The Hall–Kier alpha value is -1.44. The zero-order chi connectivity index (χ0) is 14.0. The summed E-state index contributed by atoms with van der Waals surface area (Å²) < 4.78 is 28.7. The lowest BCUT2D eigenvalue weighted by atomic mass is 10.2. The third-order valence-electron chi connectivity index (χ3n) is 2.47. The summed E-state index contributed by atoms with van der Waals surface area (Å²) in [4.78, 5) is 4.13.